The van der Waals surface area contributed by atoms with Gasteiger partial charge < -0.3 is 0 Å². The molecule has 0 spiro atoms. The molecule has 1 aromatic heterocycles. The van der Waals surface area contributed by atoms with Gasteiger partial charge in [-0.3, -0.25) is 9.67 Å². The molecule has 1 N–H and O–H groups in total. The van der Waals surface area contributed by atoms with Crippen molar-refractivity contribution in [1.29, 1.82) is 0 Å². The van der Waals surface area contributed by atoms with Crippen LogP contribution in [0, 0.1) is 4.77 Å². The van der Waals surface area contributed by atoms with Gasteiger partial charge in [0.05, 0.1) is 0 Å². The van der Waals surface area contributed by atoms with Gasteiger partial charge in [-0.2, -0.15) is 13.9 Å². The van der Waals surface area contributed by atoms with Gasteiger partial charge in [-0.05, 0) is 33.0 Å². The first-order valence-corrected chi connectivity index (χ1v) is 4.83. The maximum atomic E-state index is 13.2. The molecule has 0 aliphatic carbocycles. The van der Waals surface area contributed by atoms with Gasteiger partial charge in [0.2, 0.25) is 5.82 Å². The number of hydrogen-bond acceptors (Lipinski definition) is 2. The van der Waals surface area contributed by atoms with Crippen molar-refractivity contribution >= 4 is 12.2 Å². The number of aromatic amines is 1. The van der Waals surface area contributed by atoms with E-state index >= 15 is 0 Å². The highest BCUT2D eigenvalue weighted by atomic mass is 32.1. The lowest BCUT2D eigenvalue weighted by molar-refractivity contribution is -0.144. The van der Waals surface area contributed by atoms with E-state index in [4.69, 9.17) is 12.2 Å². The van der Waals surface area contributed by atoms with E-state index in [1.54, 1.807) is 20.8 Å². The molecule has 0 saturated heterocycles. The van der Waals surface area contributed by atoms with Crippen LogP contribution in [-0.4, -0.2) is 21.2 Å². The monoisotopic (exact) mass is 257 g/mol. The number of alkyl halides is 4. The van der Waals surface area contributed by atoms with E-state index in [0.29, 0.717) is 0 Å². The fourth-order valence-electron chi connectivity index (χ4n) is 1.24. The lowest BCUT2D eigenvalue weighted by Crippen LogP contribution is -2.33. The first-order valence-electron chi connectivity index (χ1n) is 4.43. The number of halogens is 4. The predicted octanol–water partition coefficient (Wildman–Crippen LogP) is 3.05. The summed E-state index contributed by atoms with van der Waals surface area (Å²) in [5, 5.41) is 5.30. The zero-order chi connectivity index (χ0) is 12.7. The minimum absolute atomic E-state index is 0.108. The fourth-order valence-corrected chi connectivity index (χ4v) is 1.65. The van der Waals surface area contributed by atoms with Crippen LogP contribution in [0.5, 0.6) is 0 Å². The second-order valence-corrected chi connectivity index (χ2v) is 4.67. The van der Waals surface area contributed by atoms with Crippen LogP contribution < -0.4 is 0 Å². The largest absolute Gasteiger partial charge is 0.365 e. The Morgan fingerprint density at radius 2 is 1.81 bits per heavy atom. The van der Waals surface area contributed by atoms with Gasteiger partial charge in [0.15, 0.2) is 4.77 Å². The van der Waals surface area contributed by atoms with Crippen LogP contribution in [0.15, 0.2) is 0 Å². The molecule has 0 aliphatic heterocycles. The SMILES string of the molecule is CC(C)(C)n1c(C(F)(F)C(F)F)n[nH]c1=S. The minimum atomic E-state index is -4.32. The second-order valence-electron chi connectivity index (χ2n) is 4.28. The Hall–Kier alpha value is -0.920. The Morgan fingerprint density at radius 3 is 2.19 bits per heavy atom. The van der Waals surface area contributed by atoms with Crippen molar-refractivity contribution in [2.45, 2.75) is 38.7 Å². The van der Waals surface area contributed by atoms with Gasteiger partial charge in [0.25, 0.3) is 0 Å². The predicted molar refractivity (Wildman–Crippen MR) is 52.3 cm³/mol. The van der Waals surface area contributed by atoms with Crippen LogP contribution in [0.3, 0.4) is 0 Å². The van der Waals surface area contributed by atoms with E-state index in [-0.39, 0.29) is 4.77 Å². The molecule has 3 nitrogen and oxygen atoms in total. The molecule has 0 aliphatic rings. The summed E-state index contributed by atoms with van der Waals surface area (Å²) in [6.45, 7) is 4.72. The van der Waals surface area contributed by atoms with Crippen molar-refractivity contribution in [3.63, 3.8) is 0 Å². The zero-order valence-corrected chi connectivity index (χ0v) is 9.71. The smallest absolute Gasteiger partial charge is 0.293 e. The second kappa shape index (κ2) is 3.83. The standard InChI is InChI=1S/C8H11F4N3S/c1-7(2,3)15-5(13-14-6(15)16)8(11,12)4(9)10/h4H,1-3H3,(H,14,16). The molecule has 0 fully saturated rings. The van der Waals surface area contributed by atoms with E-state index in [1.807, 2.05) is 0 Å². The van der Waals surface area contributed by atoms with E-state index in [9.17, 15) is 17.6 Å². The molecule has 1 aromatic rings. The molecular weight excluding hydrogens is 246 g/mol. The molecule has 92 valence electrons. The van der Waals surface area contributed by atoms with E-state index in [2.05, 4.69) is 10.2 Å². The Kier molecular flexibility index (Phi) is 3.15. The van der Waals surface area contributed by atoms with Crippen molar-refractivity contribution in [2.24, 2.45) is 0 Å². The number of nitrogens with zero attached hydrogens (tertiary/aromatic N) is 2. The molecule has 0 atom stereocenters. The first-order chi connectivity index (χ1) is 7.08. The summed E-state index contributed by atoms with van der Waals surface area (Å²) >= 11 is 4.74. The third-order valence-electron chi connectivity index (χ3n) is 1.92. The van der Waals surface area contributed by atoms with E-state index < -0.39 is 23.7 Å². The van der Waals surface area contributed by atoms with E-state index in [1.165, 1.54) is 0 Å². The number of aromatic nitrogens is 3. The van der Waals surface area contributed by atoms with Gasteiger partial charge in [0.1, 0.15) is 0 Å². The van der Waals surface area contributed by atoms with Crippen molar-refractivity contribution < 1.29 is 17.6 Å². The highest BCUT2D eigenvalue weighted by Crippen LogP contribution is 2.35. The van der Waals surface area contributed by atoms with Crippen LogP contribution >= 0.6 is 12.2 Å². The average molecular weight is 257 g/mol. The Morgan fingerprint density at radius 1 is 1.31 bits per heavy atom. The lowest BCUT2D eigenvalue weighted by Gasteiger charge is -2.25. The number of H-pyrrole nitrogens is 1. The molecule has 0 saturated carbocycles. The van der Waals surface area contributed by atoms with Crippen molar-refractivity contribution in [1.82, 2.24) is 14.8 Å². The highest BCUT2D eigenvalue weighted by molar-refractivity contribution is 7.71. The van der Waals surface area contributed by atoms with Gasteiger partial charge in [-0.15, -0.1) is 0 Å². The number of nitrogens with one attached hydrogen (secondary N) is 1. The summed E-state index contributed by atoms with van der Waals surface area (Å²) in [4.78, 5) is 0. The summed E-state index contributed by atoms with van der Waals surface area (Å²) in [5.41, 5.74) is -0.849. The number of hydrogen-bond donors (Lipinski definition) is 1. The molecule has 1 rings (SSSR count). The Bertz CT molecular complexity index is 429. The molecule has 0 unspecified atom stereocenters. The Labute approximate surface area is 94.5 Å². The van der Waals surface area contributed by atoms with Crippen LogP contribution in [0.25, 0.3) is 0 Å². The number of rotatable bonds is 2. The molecule has 8 heteroatoms. The van der Waals surface area contributed by atoms with Gasteiger partial charge >= 0.3 is 12.3 Å². The molecule has 0 bridgehead atoms. The summed E-state index contributed by atoms with van der Waals surface area (Å²) in [7, 11) is 0. The Balaban J connectivity index is 3.43. The summed E-state index contributed by atoms with van der Waals surface area (Å²) < 4.78 is 51.6. The summed E-state index contributed by atoms with van der Waals surface area (Å²) in [6.07, 6.45) is -3.82. The van der Waals surface area contributed by atoms with Crippen LogP contribution in [0.2, 0.25) is 0 Å². The van der Waals surface area contributed by atoms with Gasteiger partial charge in [-0.25, -0.2) is 8.78 Å². The molecule has 0 amide bonds. The first kappa shape index (κ1) is 13.1. The lowest BCUT2D eigenvalue weighted by atomic mass is 10.1. The minimum Gasteiger partial charge on any atom is -0.293 e. The molecular formula is C8H11F4N3S. The van der Waals surface area contributed by atoms with Gasteiger partial charge in [-0.1, -0.05) is 0 Å². The molecule has 0 aromatic carbocycles. The normalized spacial score (nSPS) is 13.5. The van der Waals surface area contributed by atoms with Crippen LogP contribution in [0.4, 0.5) is 17.6 Å². The third kappa shape index (κ3) is 2.11. The topological polar surface area (TPSA) is 33.6 Å². The van der Waals surface area contributed by atoms with Crippen molar-refractivity contribution in [2.75, 3.05) is 0 Å². The fraction of sp³-hybridized carbons (Fsp3) is 0.750. The van der Waals surface area contributed by atoms with Crippen molar-refractivity contribution in [3.05, 3.63) is 10.6 Å². The molecule has 16 heavy (non-hydrogen) atoms. The van der Waals surface area contributed by atoms with Crippen LogP contribution in [-0.2, 0) is 11.5 Å². The van der Waals surface area contributed by atoms with Gasteiger partial charge in [0, 0.05) is 5.54 Å². The van der Waals surface area contributed by atoms with Crippen molar-refractivity contribution in [3.8, 4) is 0 Å². The maximum Gasteiger partial charge on any atom is 0.365 e. The molecule has 1 heterocycles. The summed E-state index contributed by atoms with van der Waals surface area (Å²) in [5.74, 6) is -5.36. The summed E-state index contributed by atoms with van der Waals surface area (Å²) in [6, 6.07) is 0. The zero-order valence-electron chi connectivity index (χ0n) is 8.89. The quantitative estimate of drug-likeness (QED) is 0.652. The third-order valence-corrected chi connectivity index (χ3v) is 2.19. The molecule has 0 radical (unpaired) electrons. The average Bonchev–Trinajstić information content (AvgIpc) is 2.46. The maximum absolute atomic E-state index is 13.2. The van der Waals surface area contributed by atoms with Crippen LogP contribution in [0.1, 0.15) is 26.6 Å². The van der Waals surface area contributed by atoms with E-state index in [0.717, 1.165) is 4.57 Å². The highest BCUT2D eigenvalue weighted by Gasteiger charge is 2.48.